The topological polar surface area (TPSA) is 62.6 Å². The molecule has 7 heteroatoms. The number of aromatic nitrogens is 2. The Hall–Kier alpha value is -3.32. The number of hydrogen-bond acceptors (Lipinski definition) is 5. The number of fused-ring (bicyclic) bond motifs is 2. The number of hydrogen-bond donors (Lipinski definition) is 1. The van der Waals surface area contributed by atoms with E-state index < -0.39 is 0 Å². The van der Waals surface area contributed by atoms with E-state index in [9.17, 15) is 4.79 Å². The number of carbonyl (C=O) groups is 1. The molecule has 5 rings (SSSR count). The van der Waals surface area contributed by atoms with Crippen molar-refractivity contribution in [1.82, 2.24) is 20.0 Å². The molecule has 0 saturated carbocycles. The highest BCUT2D eigenvalue weighted by atomic mass is 16.5. The number of piperazine rings is 1. The molecule has 2 fully saturated rings. The van der Waals surface area contributed by atoms with Gasteiger partial charge in [-0.2, -0.15) is 5.10 Å². The van der Waals surface area contributed by atoms with Gasteiger partial charge in [0.1, 0.15) is 5.75 Å². The maximum Gasteiger partial charge on any atom is 0.252 e. The van der Waals surface area contributed by atoms with Gasteiger partial charge in [0.2, 0.25) is 0 Å². The van der Waals surface area contributed by atoms with Gasteiger partial charge in [-0.3, -0.25) is 14.4 Å². The van der Waals surface area contributed by atoms with Crippen molar-refractivity contribution in [2.75, 3.05) is 32.1 Å². The summed E-state index contributed by atoms with van der Waals surface area (Å²) in [5.74, 6) is 0.741. The number of rotatable bonds is 6. The predicted octanol–water partition coefficient (Wildman–Crippen LogP) is 4.34. The first-order chi connectivity index (χ1) is 16.7. The van der Waals surface area contributed by atoms with Crippen LogP contribution >= 0.6 is 0 Å². The number of benzene rings is 2. The fourth-order valence-electron chi connectivity index (χ4n) is 5.64. The number of nitrogens with one attached hydrogen (secondary N) is 1. The molecule has 1 N–H and O–H groups in total. The molecule has 0 spiro atoms. The molecule has 1 aromatic heterocycles. The molecule has 2 unspecified atom stereocenters. The Morgan fingerprint density at radius 3 is 2.54 bits per heavy atom. The summed E-state index contributed by atoms with van der Waals surface area (Å²) in [4.78, 5) is 18.3. The zero-order valence-electron chi connectivity index (χ0n) is 21.5. The summed E-state index contributed by atoms with van der Waals surface area (Å²) in [6.45, 7) is 8.14. The molecule has 2 bridgehead atoms. The lowest BCUT2D eigenvalue weighted by Crippen LogP contribution is -2.44. The van der Waals surface area contributed by atoms with Gasteiger partial charge in [0, 0.05) is 62.2 Å². The number of nitrogens with zero attached hydrogens (tertiary/aromatic N) is 4. The maximum atomic E-state index is 13.4. The zero-order chi connectivity index (χ0) is 24.9. The van der Waals surface area contributed by atoms with Crippen LogP contribution in [0, 0.1) is 13.8 Å². The molecular weight excluding hydrogens is 438 g/mol. The van der Waals surface area contributed by atoms with Crippen LogP contribution in [0.4, 0.5) is 5.69 Å². The molecule has 2 aromatic carbocycles. The number of ether oxygens (including phenoxy) is 1. The van der Waals surface area contributed by atoms with Crippen molar-refractivity contribution in [3.63, 3.8) is 0 Å². The number of likely N-dealkylation sites (N-methyl/N-ethyl adjacent to an activating group) is 1. The van der Waals surface area contributed by atoms with Crippen LogP contribution in [0.5, 0.6) is 5.75 Å². The van der Waals surface area contributed by atoms with Crippen molar-refractivity contribution in [3.8, 4) is 16.9 Å². The molecule has 2 aliphatic heterocycles. The molecule has 0 aliphatic carbocycles. The van der Waals surface area contributed by atoms with E-state index in [-0.39, 0.29) is 13.4 Å². The Kier molecular flexibility index (Phi) is 6.05. The molecular formula is C28H37N5O2. The minimum absolute atomic E-state index is 0. The molecule has 0 radical (unpaired) electrons. The molecule has 35 heavy (non-hydrogen) atoms. The third kappa shape index (κ3) is 4.29. The van der Waals surface area contributed by atoms with Crippen molar-refractivity contribution in [2.24, 2.45) is 7.05 Å². The van der Waals surface area contributed by atoms with E-state index in [1.165, 1.54) is 6.42 Å². The molecule has 2 saturated heterocycles. The van der Waals surface area contributed by atoms with Crippen LogP contribution in [0.1, 0.15) is 48.0 Å². The van der Waals surface area contributed by atoms with Gasteiger partial charge in [-0.05, 0) is 69.6 Å². The fourth-order valence-corrected chi connectivity index (χ4v) is 5.64. The first-order valence-corrected chi connectivity index (χ1v) is 12.3. The van der Waals surface area contributed by atoms with Crippen molar-refractivity contribution < 1.29 is 11.0 Å². The second-order valence-corrected chi connectivity index (χ2v) is 10.1. The highest BCUT2D eigenvalue weighted by molar-refractivity contribution is 5.97. The maximum absolute atomic E-state index is 13.4. The molecule has 186 valence electrons. The monoisotopic (exact) mass is 475 g/mol. The van der Waals surface area contributed by atoms with Crippen LogP contribution in [-0.2, 0) is 7.05 Å². The second kappa shape index (κ2) is 9.04. The van der Waals surface area contributed by atoms with Crippen molar-refractivity contribution >= 4 is 11.6 Å². The van der Waals surface area contributed by atoms with Gasteiger partial charge in [0.25, 0.3) is 5.91 Å². The van der Waals surface area contributed by atoms with Gasteiger partial charge in [0.05, 0.1) is 18.8 Å². The molecule has 7 nitrogen and oxygen atoms in total. The Labute approximate surface area is 209 Å². The number of likely N-dealkylation sites (tertiary alicyclic amines) is 1. The molecule has 3 aromatic rings. The van der Waals surface area contributed by atoms with Gasteiger partial charge in [-0.1, -0.05) is 12.1 Å². The number of aryl methyl sites for hydroxylation is 3. The first-order valence-electron chi connectivity index (χ1n) is 12.3. The van der Waals surface area contributed by atoms with E-state index in [0.717, 1.165) is 58.0 Å². The minimum atomic E-state index is -0.163. The largest absolute Gasteiger partial charge is 0.496 e. The summed E-state index contributed by atoms with van der Waals surface area (Å²) in [6.07, 6.45) is 3.21. The predicted molar refractivity (Wildman–Crippen MR) is 141 cm³/mol. The van der Waals surface area contributed by atoms with Crippen LogP contribution in [0.3, 0.4) is 0 Å². The number of carbonyl (C=O) groups excluding carboxylic acids is 1. The number of anilines is 1. The molecule has 3 atom stereocenters. The summed E-state index contributed by atoms with van der Waals surface area (Å²) in [6, 6.07) is 13.4. The van der Waals surface area contributed by atoms with Gasteiger partial charge < -0.3 is 15.0 Å². The third-order valence-electron chi connectivity index (χ3n) is 7.69. The van der Waals surface area contributed by atoms with Crippen molar-refractivity contribution in [3.05, 3.63) is 65.0 Å². The minimum Gasteiger partial charge on any atom is -0.496 e. The Morgan fingerprint density at radius 2 is 1.91 bits per heavy atom. The van der Waals surface area contributed by atoms with E-state index in [1.54, 1.807) is 7.11 Å². The first kappa shape index (κ1) is 23.4. The lowest BCUT2D eigenvalue weighted by Gasteiger charge is -2.34. The lowest BCUT2D eigenvalue weighted by atomic mass is 9.99. The average Bonchev–Trinajstić information content (AvgIpc) is 3.51. The summed E-state index contributed by atoms with van der Waals surface area (Å²) in [5.41, 5.74) is 6.83. The fraction of sp³-hybridized carbons (Fsp3) is 0.429. The summed E-state index contributed by atoms with van der Waals surface area (Å²) >= 11 is 0. The van der Waals surface area contributed by atoms with Crippen LogP contribution in [0.25, 0.3) is 11.1 Å². The number of amides is 1. The van der Waals surface area contributed by atoms with Gasteiger partial charge in [-0.25, -0.2) is 0 Å². The van der Waals surface area contributed by atoms with E-state index in [2.05, 4.69) is 51.5 Å². The average molecular weight is 476 g/mol. The Balaban J connectivity index is 0.00000304. The van der Waals surface area contributed by atoms with Gasteiger partial charge in [-0.15, -0.1) is 0 Å². The van der Waals surface area contributed by atoms with Crippen LogP contribution in [0.2, 0.25) is 0 Å². The molecule has 1 amide bonds. The van der Waals surface area contributed by atoms with E-state index in [4.69, 9.17) is 4.74 Å². The highest BCUT2D eigenvalue weighted by Crippen LogP contribution is 2.36. The van der Waals surface area contributed by atoms with Gasteiger partial charge in [0.15, 0.2) is 0 Å². The third-order valence-corrected chi connectivity index (χ3v) is 7.69. The number of methoxy groups -OCH3 is 1. The summed E-state index contributed by atoms with van der Waals surface area (Å²) in [7, 11) is 5.80. The van der Waals surface area contributed by atoms with Crippen LogP contribution in [0.15, 0.2) is 42.6 Å². The van der Waals surface area contributed by atoms with E-state index >= 15 is 0 Å². The quantitative estimate of drug-likeness (QED) is 0.575. The molecule has 2 aliphatic rings. The van der Waals surface area contributed by atoms with Crippen molar-refractivity contribution in [1.29, 1.82) is 0 Å². The summed E-state index contributed by atoms with van der Waals surface area (Å²) in [5, 5.41) is 7.70. The summed E-state index contributed by atoms with van der Waals surface area (Å²) < 4.78 is 7.43. The van der Waals surface area contributed by atoms with E-state index in [1.807, 2.05) is 50.8 Å². The second-order valence-electron chi connectivity index (χ2n) is 10.1. The molecule has 3 heterocycles. The van der Waals surface area contributed by atoms with E-state index in [0.29, 0.717) is 12.1 Å². The Morgan fingerprint density at radius 1 is 1.11 bits per heavy atom. The van der Waals surface area contributed by atoms with Crippen molar-refractivity contribution in [2.45, 2.75) is 45.3 Å². The zero-order valence-corrected chi connectivity index (χ0v) is 21.5. The van der Waals surface area contributed by atoms with Crippen LogP contribution in [-0.4, -0.2) is 59.9 Å². The van der Waals surface area contributed by atoms with Crippen LogP contribution < -0.4 is 15.0 Å². The lowest BCUT2D eigenvalue weighted by molar-refractivity contribution is 0.0939. The normalized spacial score (nSPS) is 20.3. The standard InChI is InChI=1S/C28H35N5O2.H2/c1-17-7-9-21(33-15-22-12-23(33)14-31(22)4)13-24(17)28(34)29-18(2)20-8-10-27(35-6)25(11-20)26-16-32(5)30-19(26)3;/h7-11,13,16,18,22-23H,12,14-15H2,1-6H3,(H,29,34);1H/t18-,22?,23?;/m1./s1. The Bertz CT molecular complexity index is 1270. The SMILES string of the molecule is COc1ccc([C@@H](C)NC(=O)c2cc(N3CC4CC3CN4C)ccc2C)cc1-c1cn(C)nc1C.[HH]. The highest BCUT2D eigenvalue weighted by Gasteiger charge is 2.41. The van der Waals surface area contributed by atoms with Gasteiger partial charge >= 0.3 is 0 Å². The smallest absolute Gasteiger partial charge is 0.252 e.